The molecule has 314 valence electrons. The first-order valence-corrected chi connectivity index (χ1v) is 20.3. The SMILES string of the molecule is COC(=O)CCCCCCCCCC(=O)O.COC(=O)CCCCCCCCCCOC(=O)/C=C(\C)C[C@@H]1OC[C@H](C[C@@H]2O[C@H]2[C@@H](C)[C@H](C)O)[C@@H](O)[C@H]1O. The molecular weight excluding hydrogens is 700 g/mol. The van der Waals surface area contributed by atoms with Crippen molar-refractivity contribution in [3.63, 3.8) is 0 Å². The van der Waals surface area contributed by atoms with Crippen LogP contribution in [0.2, 0.25) is 0 Å². The zero-order chi connectivity index (χ0) is 40.3. The number of epoxide rings is 1. The van der Waals surface area contributed by atoms with Gasteiger partial charge in [0.25, 0.3) is 0 Å². The zero-order valence-electron chi connectivity index (χ0n) is 33.7. The largest absolute Gasteiger partial charge is 0.481 e. The number of carbonyl (C=O) groups is 4. The Labute approximate surface area is 323 Å². The number of ether oxygens (including phenoxy) is 5. The Morgan fingerprint density at radius 3 is 1.69 bits per heavy atom. The maximum absolute atomic E-state index is 12.1. The van der Waals surface area contributed by atoms with Crippen molar-refractivity contribution in [1.29, 1.82) is 0 Å². The summed E-state index contributed by atoms with van der Waals surface area (Å²) in [4.78, 5) is 44.2. The second kappa shape index (κ2) is 29.7. The highest BCUT2D eigenvalue weighted by molar-refractivity contribution is 5.82. The summed E-state index contributed by atoms with van der Waals surface area (Å²) in [5.74, 6) is -1.61. The van der Waals surface area contributed by atoms with E-state index in [0.717, 1.165) is 102 Å². The maximum Gasteiger partial charge on any atom is 0.330 e. The van der Waals surface area contributed by atoms with Gasteiger partial charge in [-0.3, -0.25) is 14.4 Å². The average Bonchev–Trinajstić information content (AvgIpc) is 3.91. The fourth-order valence-electron chi connectivity index (χ4n) is 6.57. The first-order valence-electron chi connectivity index (χ1n) is 20.3. The summed E-state index contributed by atoms with van der Waals surface area (Å²) in [7, 11) is 2.82. The third kappa shape index (κ3) is 23.4. The van der Waals surface area contributed by atoms with Gasteiger partial charge in [0.05, 0.1) is 58.0 Å². The number of rotatable bonds is 28. The van der Waals surface area contributed by atoms with E-state index < -0.39 is 36.4 Å². The number of hydrogen-bond acceptors (Lipinski definition) is 12. The molecule has 4 N–H and O–H groups in total. The van der Waals surface area contributed by atoms with Crippen LogP contribution in [0.3, 0.4) is 0 Å². The standard InChI is InChI=1S/C29H50O9.C12H22O4/c1-19(16-26(32)36-14-12-10-8-6-5-7-9-11-13-25(31)35-4)15-23-28(34)27(33)22(18-37-23)17-24-29(38-24)20(2)21(3)30;1-16-12(15)10-8-6-4-2-3-5-7-9-11(13)14/h16,20-24,27-30,33-34H,5-15,17-18H2,1-4H3;2-10H2,1H3,(H,13,14)/b19-16+;/t20-,21-,22-,23-,24-,27+,28-,29-;/m0./s1. The molecule has 2 rings (SSSR count). The Morgan fingerprint density at radius 1 is 0.722 bits per heavy atom. The fraction of sp³-hybridized carbons (Fsp3) is 0.854. The molecule has 0 unspecified atom stereocenters. The van der Waals surface area contributed by atoms with E-state index in [2.05, 4.69) is 9.47 Å². The van der Waals surface area contributed by atoms with Gasteiger partial charge in [-0.05, 0) is 52.4 Å². The molecule has 0 aromatic heterocycles. The lowest BCUT2D eigenvalue weighted by Gasteiger charge is -2.38. The van der Waals surface area contributed by atoms with Crippen LogP contribution in [0.5, 0.6) is 0 Å². The monoisotopic (exact) mass is 772 g/mol. The van der Waals surface area contributed by atoms with Gasteiger partial charge in [-0.15, -0.1) is 0 Å². The number of hydrogen-bond donors (Lipinski definition) is 4. The van der Waals surface area contributed by atoms with Crippen LogP contribution in [0, 0.1) is 11.8 Å². The Bertz CT molecular complexity index is 1080. The predicted molar refractivity (Wildman–Crippen MR) is 203 cm³/mol. The number of carbonyl (C=O) groups excluding carboxylic acids is 3. The van der Waals surface area contributed by atoms with Crippen LogP contribution in [0.25, 0.3) is 0 Å². The van der Waals surface area contributed by atoms with E-state index in [4.69, 9.17) is 19.3 Å². The minimum atomic E-state index is -1.05. The zero-order valence-corrected chi connectivity index (χ0v) is 33.7. The first-order chi connectivity index (χ1) is 25.8. The van der Waals surface area contributed by atoms with Crippen LogP contribution >= 0.6 is 0 Å². The van der Waals surface area contributed by atoms with Crippen molar-refractivity contribution in [2.24, 2.45) is 11.8 Å². The Balaban J connectivity index is 0.000000765. The van der Waals surface area contributed by atoms with E-state index in [-0.39, 0.29) is 42.4 Å². The van der Waals surface area contributed by atoms with Crippen molar-refractivity contribution in [2.75, 3.05) is 27.4 Å². The number of carboxylic acid groups (broad SMARTS) is 1. The topological polar surface area (TPSA) is 199 Å². The minimum Gasteiger partial charge on any atom is -0.481 e. The van der Waals surface area contributed by atoms with Crippen molar-refractivity contribution in [3.05, 3.63) is 11.6 Å². The molecule has 13 heteroatoms. The normalized spacial score (nSPS) is 23.4. The number of aliphatic hydroxyl groups is 3. The molecule has 0 amide bonds. The number of esters is 3. The summed E-state index contributed by atoms with van der Waals surface area (Å²) in [6.07, 6.45) is 15.8. The number of methoxy groups -OCH3 is 2. The highest BCUT2D eigenvalue weighted by atomic mass is 16.6. The van der Waals surface area contributed by atoms with Gasteiger partial charge in [-0.2, -0.15) is 0 Å². The molecule has 2 heterocycles. The fourth-order valence-corrected chi connectivity index (χ4v) is 6.57. The molecule has 2 saturated heterocycles. The molecule has 0 aliphatic carbocycles. The van der Waals surface area contributed by atoms with Crippen LogP contribution in [-0.2, 0) is 42.9 Å². The summed E-state index contributed by atoms with van der Waals surface area (Å²) in [5.41, 5.74) is 0.730. The van der Waals surface area contributed by atoms with Gasteiger partial charge < -0.3 is 44.1 Å². The van der Waals surface area contributed by atoms with E-state index in [1.165, 1.54) is 20.3 Å². The van der Waals surface area contributed by atoms with Crippen LogP contribution < -0.4 is 0 Å². The van der Waals surface area contributed by atoms with Crippen molar-refractivity contribution in [1.82, 2.24) is 0 Å². The number of unbranched alkanes of at least 4 members (excludes halogenated alkanes) is 13. The lowest BCUT2D eigenvalue weighted by Crippen LogP contribution is -2.50. The second-order valence-corrected chi connectivity index (χ2v) is 15.0. The Morgan fingerprint density at radius 2 is 1.20 bits per heavy atom. The molecule has 13 nitrogen and oxygen atoms in total. The molecular formula is C41H72O13. The minimum absolute atomic E-state index is 0.0215. The average molecular weight is 773 g/mol. The van der Waals surface area contributed by atoms with E-state index in [1.807, 2.05) is 6.92 Å². The number of aliphatic hydroxyl groups excluding tert-OH is 3. The third-order valence-corrected chi connectivity index (χ3v) is 10.3. The molecule has 54 heavy (non-hydrogen) atoms. The molecule has 8 atom stereocenters. The third-order valence-electron chi connectivity index (χ3n) is 10.3. The molecule has 0 aromatic carbocycles. The van der Waals surface area contributed by atoms with Gasteiger partial charge in [0.2, 0.25) is 0 Å². The summed E-state index contributed by atoms with van der Waals surface area (Å²) in [6, 6.07) is 0. The molecule has 2 fully saturated rings. The molecule has 0 aromatic rings. The van der Waals surface area contributed by atoms with Crippen LogP contribution in [0.15, 0.2) is 11.6 Å². The van der Waals surface area contributed by atoms with Crippen molar-refractivity contribution < 1.29 is 63.3 Å². The molecule has 0 radical (unpaired) electrons. The van der Waals surface area contributed by atoms with E-state index >= 15 is 0 Å². The lowest BCUT2D eigenvalue weighted by molar-refractivity contribution is -0.165. The van der Waals surface area contributed by atoms with Gasteiger partial charge in [-0.25, -0.2) is 4.79 Å². The molecule has 2 aliphatic rings. The Hall–Kier alpha value is -2.58. The maximum atomic E-state index is 12.1. The van der Waals surface area contributed by atoms with Crippen LogP contribution in [0.1, 0.15) is 149 Å². The van der Waals surface area contributed by atoms with Gasteiger partial charge in [-0.1, -0.05) is 83.1 Å². The number of aliphatic carboxylic acids is 1. The van der Waals surface area contributed by atoms with Crippen LogP contribution in [0.4, 0.5) is 0 Å². The van der Waals surface area contributed by atoms with E-state index in [0.29, 0.717) is 38.9 Å². The van der Waals surface area contributed by atoms with Gasteiger partial charge >= 0.3 is 23.9 Å². The highest BCUT2D eigenvalue weighted by Gasteiger charge is 2.48. The van der Waals surface area contributed by atoms with Gasteiger partial charge in [0.1, 0.15) is 6.10 Å². The summed E-state index contributed by atoms with van der Waals surface area (Å²) < 4.78 is 26.0. The summed E-state index contributed by atoms with van der Waals surface area (Å²) in [5, 5.41) is 39.4. The van der Waals surface area contributed by atoms with Crippen molar-refractivity contribution >= 4 is 23.9 Å². The number of carboxylic acids is 1. The van der Waals surface area contributed by atoms with E-state index in [1.54, 1.807) is 13.8 Å². The lowest BCUT2D eigenvalue weighted by atomic mass is 9.85. The molecule has 0 saturated carbocycles. The molecule has 0 spiro atoms. The molecule has 2 aliphatic heterocycles. The van der Waals surface area contributed by atoms with Gasteiger partial charge in [0.15, 0.2) is 0 Å². The van der Waals surface area contributed by atoms with E-state index in [9.17, 15) is 34.5 Å². The van der Waals surface area contributed by atoms with Crippen LogP contribution in [-0.4, -0.2) is 108 Å². The van der Waals surface area contributed by atoms with Crippen molar-refractivity contribution in [2.45, 2.75) is 186 Å². The molecule has 0 bridgehead atoms. The first kappa shape index (κ1) is 49.4. The summed E-state index contributed by atoms with van der Waals surface area (Å²) >= 11 is 0. The van der Waals surface area contributed by atoms with Gasteiger partial charge in [0, 0.05) is 37.2 Å². The quantitative estimate of drug-likeness (QED) is 0.0230. The highest BCUT2D eigenvalue weighted by Crippen LogP contribution is 2.38. The smallest absolute Gasteiger partial charge is 0.330 e. The second-order valence-electron chi connectivity index (χ2n) is 15.0. The van der Waals surface area contributed by atoms with Crippen molar-refractivity contribution in [3.8, 4) is 0 Å². The Kier molecular flexibility index (Phi) is 27.2. The summed E-state index contributed by atoms with van der Waals surface area (Å²) in [6.45, 7) is 6.16. The predicted octanol–water partition coefficient (Wildman–Crippen LogP) is 6.22.